The summed E-state index contributed by atoms with van der Waals surface area (Å²) in [6.45, 7) is 7.32. The average molecular weight is 673 g/mol. The summed E-state index contributed by atoms with van der Waals surface area (Å²) in [5, 5.41) is 8.86. The quantitative estimate of drug-likeness (QED) is 0.189. The summed E-state index contributed by atoms with van der Waals surface area (Å²) < 4.78 is 7.58. The number of likely N-dealkylation sites (tertiary alicyclic amines) is 1. The first-order chi connectivity index (χ1) is 24.1. The molecule has 258 valence electrons. The fraction of sp³-hybridized carbons (Fsp3) is 0.359. The largest absolute Gasteiger partial charge is 0.475 e. The number of aryl methyl sites for hydroxylation is 1. The molecule has 1 atom stereocenters. The zero-order chi connectivity index (χ0) is 35.0. The van der Waals surface area contributed by atoms with Gasteiger partial charge >= 0.3 is 0 Å². The van der Waals surface area contributed by atoms with Crippen LogP contribution >= 0.6 is 0 Å². The lowest BCUT2D eigenvalue weighted by Gasteiger charge is -2.29. The number of nitrogens with one attached hydrogen (secondary N) is 1. The highest BCUT2D eigenvalue weighted by Gasteiger charge is 2.51. The van der Waals surface area contributed by atoms with E-state index in [-0.39, 0.29) is 23.6 Å². The van der Waals surface area contributed by atoms with E-state index in [0.717, 1.165) is 36.2 Å². The Hall–Kier alpha value is -5.29. The van der Waals surface area contributed by atoms with E-state index in [0.29, 0.717) is 62.0 Å². The van der Waals surface area contributed by atoms with Gasteiger partial charge in [-0.3, -0.25) is 19.9 Å². The van der Waals surface area contributed by atoms with Crippen LogP contribution in [0.5, 0.6) is 5.88 Å². The number of nitrogens with two attached hydrogens (primary N) is 1. The molecule has 0 aliphatic carbocycles. The highest BCUT2D eigenvalue weighted by atomic mass is 16.5. The van der Waals surface area contributed by atoms with Crippen molar-refractivity contribution in [3.05, 3.63) is 96.1 Å². The summed E-state index contributed by atoms with van der Waals surface area (Å²) in [6, 6.07) is 17.5. The van der Waals surface area contributed by atoms with E-state index in [2.05, 4.69) is 45.2 Å². The second-order valence-electron chi connectivity index (χ2n) is 14.0. The molecule has 7 rings (SSSR count). The van der Waals surface area contributed by atoms with Crippen molar-refractivity contribution < 1.29 is 14.3 Å². The zero-order valence-electron chi connectivity index (χ0n) is 28.9. The molecule has 3 N–H and O–H groups in total. The molecule has 2 saturated heterocycles. The Labute approximate surface area is 292 Å². The second kappa shape index (κ2) is 13.5. The van der Waals surface area contributed by atoms with Gasteiger partial charge in [0, 0.05) is 79.8 Å². The number of imidazole rings is 1. The number of benzene rings is 2. The normalized spacial score (nSPS) is 19.4. The number of carbonyl (C=O) groups excluding carboxylic acids is 2. The van der Waals surface area contributed by atoms with Crippen molar-refractivity contribution in [2.45, 2.75) is 39.2 Å². The fourth-order valence-electron chi connectivity index (χ4n) is 7.33. The minimum Gasteiger partial charge on any atom is -0.475 e. The van der Waals surface area contributed by atoms with Gasteiger partial charge in [-0.15, -0.1) is 0 Å². The first kappa shape index (κ1) is 33.2. The SMILES string of the molecule is CC(C)Oc1ccc(C(=N)c2cc(N3CC[C@]4(CCN(CC(=O)N5CC=C(c6ccc(-c7cn(C)cn7)cc6)CC5)C4)C3=O)ccc2N)cn1. The van der Waals surface area contributed by atoms with Crippen LogP contribution in [0.25, 0.3) is 16.8 Å². The Balaban J connectivity index is 0.951. The Bertz CT molecular complexity index is 1950. The second-order valence-corrected chi connectivity index (χ2v) is 14.0. The first-order valence-corrected chi connectivity index (χ1v) is 17.3. The maximum absolute atomic E-state index is 14.0. The predicted molar refractivity (Wildman–Crippen MR) is 195 cm³/mol. The van der Waals surface area contributed by atoms with Crippen LogP contribution in [-0.2, 0) is 16.6 Å². The molecule has 2 amide bonds. The monoisotopic (exact) mass is 672 g/mol. The number of carbonyl (C=O) groups is 2. The van der Waals surface area contributed by atoms with Crippen LogP contribution < -0.4 is 15.4 Å². The van der Waals surface area contributed by atoms with Gasteiger partial charge in [-0.25, -0.2) is 9.97 Å². The summed E-state index contributed by atoms with van der Waals surface area (Å²) in [5.74, 6) is 0.677. The summed E-state index contributed by atoms with van der Waals surface area (Å²) in [7, 11) is 1.96. The van der Waals surface area contributed by atoms with Crippen molar-refractivity contribution in [3.8, 4) is 17.1 Å². The topological polar surface area (TPSA) is 134 Å². The fourth-order valence-corrected chi connectivity index (χ4v) is 7.33. The van der Waals surface area contributed by atoms with Crippen LogP contribution in [0.4, 0.5) is 11.4 Å². The minimum absolute atomic E-state index is 0.00328. The van der Waals surface area contributed by atoms with E-state index in [1.54, 1.807) is 30.7 Å². The average Bonchev–Trinajstić information content (AvgIpc) is 3.83. The number of hydrogen-bond donors (Lipinski definition) is 2. The Morgan fingerprint density at radius 3 is 2.48 bits per heavy atom. The number of amides is 2. The standard InChI is InChI=1S/C39H44N8O3/c1-26(2)50-35-11-8-30(21-42-35)37(41)32-20-31(9-10-33(32)40)47-19-15-39(38(47)49)14-18-45(24-39)23-36(48)46-16-12-28(13-17-46)27-4-6-29(7-5-27)34-22-44(3)25-43-34/h4-12,20-22,25-26,41H,13-19,23-24,40H2,1-3H3/t39-/m0/s1. The number of ether oxygens (including phenoxy) is 1. The Morgan fingerprint density at radius 2 is 1.80 bits per heavy atom. The highest BCUT2D eigenvalue weighted by molar-refractivity contribution is 6.14. The number of nitrogen functional groups attached to an aromatic ring is 1. The van der Waals surface area contributed by atoms with Crippen LogP contribution in [0.2, 0.25) is 0 Å². The molecule has 2 aromatic carbocycles. The molecule has 2 fully saturated rings. The van der Waals surface area contributed by atoms with E-state index in [1.807, 2.05) is 53.6 Å². The molecule has 11 heteroatoms. The lowest BCUT2D eigenvalue weighted by molar-refractivity contribution is -0.132. The molecule has 1 spiro atoms. The summed E-state index contributed by atoms with van der Waals surface area (Å²) >= 11 is 0. The van der Waals surface area contributed by atoms with Crippen molar-refractivity contribution in [3.63, 3.8) is 0 Å². The number of hydrogen-bond acceptors (Lipinski definition) is 8. The van der Waals surface area contributed by atoms with Crippen molar-refractivity contribution in [1.29, 1.82) is 5.41 Å². The maximum atomic E-state index is 14.0. The summed E-state index contributed by atoms with van der Waals surface area (Å²) in [5.41, 5.74) is 12.9. The lowest BCUT2D eigenvalue weighted by Crippen LogP contribution is -2.43. The molecule has 0 bridgehead atoms. The third-order valence-electron chi connectivity index (χ3n) is 10.1. The van der Waals surface area contributed by atoms with Crippen molar-refractivity contribution >= 4 is 34.5 Å². The molecule has 0 radical (unpaired) electrons. The third kappa shape index (κ3) is 6.65. The van der Waals surface area contributed by atoms with E-state index >= 15 is 0 Å². The number of nitrogens with zero attached hydrogens (tertiary/aromatic N) is 6. The van der Waals surface area contributed by atoms with Crippen LogP contribution in [0.1, 0.15) is 49.8 Å². The minimum atomic E-state index is -0.512. The Kier molecular flexibility index (Phi) is 9.00. The molecule has 0 unspecified atom stereocenters. The molecule has 0 saturated carbocycles. The number of anilines is 2. The van der Waals surface area contributed by atoms with E-state index in [9.17, 15) is 9.59 Å². The van der Waals surface area contributed by atoms with Crippen molar-refractivity contribution in [2.24, 2.45) is 12.5 Å². The van der Waals surface area contributed by atoms with Crippen LogP contribution in [0, 0.1) is 10.8 Å². The van der Waals surface area contributed by atoms with Gasteiger partial charge in [-0.05, 0) is 75.1 Å². The first-order valence-electron chi connectivity index (χ1n) is 17.3. The van der Waals surface area contributed by atoms with E-state index in [4.69, 9.17) is 15.9 Å². The molecule has 50 heavy (non-hydrogen) atoms. The van der Waals surface area contributed by atoms with Gasteiger partial charge in [0.1, 0.15) is 0 Å². The molecular weight excluding hydrogens is 628 g/mol. The summed E-state index contributed by atoms with van der Waals surface area (Å²) in [4.78, 5) is 42.0. The smallest absolute Gasteiger partial charge is 0.237 e. The van der Waals surface area contributed by atoms with Gasteiger partial charge < -0.3 is 24.8 Å². The van der Waals surface area contributed by atoms with Crippen LogP contribution in [0.3, 0.4) is 0 Å². The number of rotatable bonds is 9. The maximum Gasteiger partial charge on any atom is 0.237 e. The van der Waals surface area contributed by atoms with Crippen LogP contribution in [0.15, 0.2) is 79.4 Å². The van der Waals surface area contributed by atoms with Crippen LogP contribution in [-0.4, -0.2) is 87.2 Å². The van der Waals surface area contributed by atoms with Gasteiger partial charge in [-0.1, -0.05) is 30.3 Å². The van der Waals surface area contributed by atoms with Crippen molar-refractivity contribution in [1.82, 2.24) is 24.3 Å². The molecule has 2 aromatic heterocycles. The van der Waals surface area contributed by atoms with E-state index < -0.39 is 5.41 Å². The predicted octanol–water partition coefficient (Wildman–Crippen LogP) is 5.01. The zero-order valence-corrected chi connectivity index (χ0v) is 28.9. The Morgan fingerprint density at radius 1 is 1.02 bits per heavy atom. The molecule has 3 aliphatic heterocycles. The molecule has 11 nitrogen and oxygen atoms in total. The van der Waals surface area contributed by atoms with Gasteiger partial charge in [0.25, 0.3) is 0 Å². The van der Waals surface area contributed by atoms with Crippen molar-refractivity contribution in [2.75, 3.05) is 49.9 Å². The lowest BCUT2D eigenvalue weighted by atomic mass is 9.85. The van der Waals surface area contributed by atoms with Gasteiger partial charge in [0.2, 0.25) is 17.7 Å². The van der Waals surface area contributed by atoms with E-state index in [1.165, 1.54) is 11.1 Å². The van der Waals surface area contributed by atoms with Gasteiger partial charge in [-0.2, -0.15) is 0 Å². The molecule has 4 aromatic rings. The molecule has 3 aliphatic rings. The van der Waals surface area contributed by atoms with Gasteiger partial charge in [0.05, 0.1) is 35.8 Å². The third-order valence-corrected chi connectivity index (χ3v) is 10.1. The molecule has 5 heterocycles. The molecular formula is C39H44N8O3. The number of aromatic nitrogens is 3. The number of pyridine rings is 1. The highest BCUT2D eigenvalue weighted by Crippen LogP contribution is 2.43. The van der Waals surface area contributed by atoms with Gasteiger partial charge in [0.15, 0.2) is 0 Å². The summed E-state index contributed by atoms with van der Waals surface area (Å²) in [6.07, 6.45) is 9.84.